The molecule has 2 bridgehead atoms. The highest BCUT2D eigenvalue weighted by Crippen LogP contribution is 2.43. The monoisotopic (exact) mass is 184 g/mol. The SMILES string of the molecule is N#Cc1cccc2c1C1CCN2CC1. The number of piperidine rings is 1. The standard InChI is InChI=1S/C12H12N2/c13-8-10-2-1-3-11-12(10)9-4-6-14(11)7-5-9/h1-3,9H,4-7H2. The van der Waals surface area contributed by atoms with Crippen molar-refractivity contribution < 1.29 is 0 Å². The predicted molar refractivity (Wildman–Crippen MR) is 55.3 cm³/mol. The summed E-state index contributed by atoms with van der Waals surface area (Å²) in [6.07, 6.45) is 2.46. The quantitative estimate of drug-likeness (QED) is 0.618. The third-order valence-electron chi connectivity index (χ3n) is 3.45. The van der Waals surface area contributed by atoms with E-state index in [4.69, 9.17) is 5.26 Å². The van der Waals surface area contributed by atoms with E-state index in [1.165, 1.54) is 37.2 Å². The van der Waals surface area contributed by atoms with Crippen LogP contribution < -0.4 is 4.90 Å². The lowest BCUT2D eigenvalue weighted by Gasteiger charge is -2.42. The van der Waals surface area contributed by atoms with Crippen molar-refractivity contribution in [2.24, 2.45) is 0 Å². The van der Waals surface area contributed by atoms with Gasteiger partial charge in [-0.1, -0.05) is 6.07 Å². The van der Waals surface area contributed by atoms with Crippen molar-refractivity contribution in [1.29, 1.82) is 5.26 Å². The molecule has 1 aromatic carbocycles. The maximum atomic E-state index is 9.05. The highest BCUT2D eigenvalue weighted by atomic mass is 15.1. The number of benzene rings is 1. The lowest BCUT2D eigenvalue weighted by atomic mass is 9.81. The molecule has 0 spiro atoms. The minimum atomic E-state index is 0.644. The fraction of sp³-hybridized carbons (Fsp3) is 0.417. The van der Waals surface area contributed by atoms with E-state index < -0.39 is 0 Å². The molecule has 0 N–H and O–H groups in total. The van der Waals surface area contributed by atoms with Gasteiger partial charge in [0.2, 0.25) is 0 Å². The molecule has 1 aromatic rings. The second kappa shape index (κ2) is 2.75. The van der Waals surface area contributed by atoms with Crippen molar-refractivity contribution >= 4 is 5.69 Å². The van der Waals surface area contributed by atoms with Gasteiger partial charge in [-0.3, -0.25) is 0 Å². The molecule has 4 rings (SSSR count). The average molecular weight is 184 g/mol. The molecular formula is C12H12N2. The van der Waals surface area contributed by atoms with Crippen LogP contribution in [0.3, 0.4) is 0 Å². The summed E-state index contributed by atoms with van der Waals surface area (Å²) in [4.78, 5) is 2.41. The number of fused-ring (bicyclic) bond motifs is 2. The second-order valence-electron chi connectivity index (χ2n) is 4.11. The molecule has 0 amide bonds. The number of hydrogen-bond donors (Lipinski definition) is 0. The molecule has 0 unspecified atom stereocenters. The minimum Gasteiger partial charge on any atom is -0.371 e. The van der Waals surface area contributed by atoms with Crippen LogP contribution in [-0.4, -0.2) is 13.1 Å². The maximum absolute atomic E-state index is 9.05. The van der Waals surface area contributed by atoms with E-state index in [0.717, 1.165) is 5.56 Å². The van der Waals surface area contributed by atoms with Gasteiger partial charge >= 0.3 is 0 Å². The Bertz CT molecular complexity index is 409. The van der Waals surface area contributed by atoms with Crippen LogP contribution in [0.25, 0.3) is 0 Å². The van der Waals surface area contributed by atoms with Gasteiger partial charge in [0.1, 0.15) is 0 Å². The van der Waals surface area contributed by atoms with Gasteiger partial charge in [0, 0.05) is 18.8 Å². The first-order chi connectivity index (χ1) is 6.90. The molecule has 3 aliphatic rings. The molecule has 0 atom stereocenters. The molecule has 0 aromatic heterocycles. The molecule has 2 heteroatoms. The lowest BCUT2D eigenvalue weighted by molar-refractivity contribution is 0.474. The third-order valence-corrected chi connectivity index (χ3v) is 3.45. The van der Waals surface area contributed by atoms with Gasteiger partial charge in [-0.2, -0.15) is 5.26 Å². The summed E-state index contributed by atoms with van der Waals surface area (Å²) in [6.45, 7) is 2.35. The van der Waals surface area contributed by atoms with Gasteiger partial charge in [-0.25, -0.2) is 0 Å². The Kier molecular flexibility index (Phi) is 1.55. The first-order valence-electron chi connectivity index (χ1n) is 5.18. The van der Waals surface area contributed by atoms with Crippen molar-refractivity contribution in [2.75, 3.05) is 18.0 Å². The summed E-state index contributed by atoms with van der Waals surface area (Å²) >= 11 is 0. The summed E-state index contributed by atoms with van der Waals surface area (Å²) in [5.41, 5.74) is 3.51. The van der Waals surface area contributed by atoms with Gasteiger partial charge < -0.3 is 4.90 Å². The van der Waals surface area contributed by atoms with Gasteiger partial charge in [0.15, 0.2) is 0 Å². The second-order valence-corrected chi connectivity index (χ2v) is 4.11. The largest absolute Gasteiger partial charge is 0.371 e. The van der Waals surface area contributed by atoms with Crippen molar-refractivity contribution in [3.63, 3.8) is 0 Å². The van der Waals surface area contributed by atoms with E-state index in [-0.39, 0.29) is 0 Å². The Labute approximate surface area is 83.8 Å². The van der Waals surface area contributed by atoms with Crippen LogP contribution in [0.2, 0.25) is 0 Å². The molecule has 70 valence electrons. The molecule has 0 saturated carbocycles. The van der Waals surface area contributed by atoms with E-state index in [1.807, 2.05) is 12.1 Å². The summed E-state index contributed by atoms with van der Waals surface area (Å²) in [5, 5.41) is 9.05. The molecule has 1 fully saturated rings. The van der Waals surface area contributed by atoms with Crippen LogP contribution in [-0.2, 0) is 0 Å². The van der Waals surface area contributed by atoms with Crippen LogP contribution in [0.15, 0.2) is 18.2 Å². The van der Waals surface area contributed by atoms with E-state index in [2.05, 4.69) is 17.0 Å². The van der Waals surface area contributed by atoms with Crippen LogP contribution in [0, 0.1) is 11.3 Å². The molecule has 0 aliphatic carbocycles. The van der Waals surface area contributed by atoms with Crippen LogP contribution in [0.1, 0.15) is 29.9 Å². The first kappa shape index (κ1) is 7.87. The fourth-order valence-corrected chi connectivity index (χ4v) is 2.76. The highest BCUT2D eigenvalue weighted by Gasteiger charge is 2.32. The summed E-state index contributed by atoms with van der Waals surface area (Å²) in [7, 11) is 0. The molecule has 14 heavy (non-hydrogen) atoms. The molecule has 2 nitrogen and oxygen atoms in total. The van der Waals surface area contributed by atoms with Crippen LogP contribution in [0.4, 0.5) is 5.69 Å². The zero-order chi connectivity index (χ0) is 9.54. The summed E-state index contributed by atoms with van der Waals surface area (Å²) < 4.78 is 0. The number of anilines is 1. The Hall–Kier alpha value is -1.49. The molecule has 3 heterocycles. The minimum absolute atomic E-state index is 0.644. The van der Waals surface area contributed by atoms with E-state index in [1.54, 1.807) is 0 Å². The Balaban J connectivity index is 2.25. The van der Waals surface area contributed by atoms with Crippen molar-refractivity contribution in [1.82, 2.24) is 0 Å². The maximum Gasteiger partial charge on any atom is 0.0995 e. The van der Waals surface area contributed by atoms with Crippen LogP contribution >= 0.6 is 0 Å². The summed E-state index contributed by atoms with van der Waals surface area (Å²) in [6, 6.07) is 8.41. The normalized spacial score (nSPS) is 19.2. The zero-order valence-electron chi connectivity index (χ0n) is 8.03. The Morgan fingerprint density at radius 3 is 2.79 bits per heavy atom. The molecule has 1 saturated heterocycles. The van der Waals surface area contributed by atoms with E-state index in [9.17, 15) is 0 Å². The van der Waals surface area contributed by atoms with E-state index in [0.29, 0.717) is 5.92 Å². The average Bonchev–Trinajstić information content (AvgIpc) is 2.30. The first-order valence-corrected chi connectivity index (χ1v) is 5.18. The third kappa shape index (κ3) is 0.899. The van der Waals surface area contributed by atoms with E-state index >= 15 is 0 Å². The molecule has 0 radical (unpaired) electrons. The fourth-order valence-electron chi connectivity index (χ4n) is 2.76. The van der Waals surface area contributed by atoms with Gasteiger partial charge in [-0.05, 0) is 36.5 Å². The molecular weight excluding hydrogens is 172 g/mol. The predicted octanol–water partition coefficient (Wildman–Crippen LogP) is 2.26. The van der Waals surface area contributed by atoms with Crippen molar-refractivity contribution in [3.8, 4) is 6.07 Å². The topological polar surface area (TPSA) is 27.0 Å². The van der Waals surface area contributed by atoms with Crippen molar-refractivity contribution in [3.05, 3.63) is 29.3 Å². The number of nitriles is 1. The Morgan fingerprint density at radius 2 is 2.07 bits per heavy atom. The molecule has 3 aliphatic heterocycles. The number of rotatable bonds is 0. The summed E-state index contributed by atoms with van der Waals surface area (Å²) in [5.74, 6) is 0.644. The van der Waals surface area contributed by atoms with Gasteiger partial charge in [0.25, 0.3) is 0 Å². The highest BCUT2D eigenvalue weighted by molar-refractivity contribution is 5.64. The van der Waals surface area contributed by atoms with Crippen molar-refractivity contribution in [2.45, 2.75) is 18.8 Å². The van der Waals surface area contributed by atoms with Crippen LogP contribution in [0.5, 0.6) is 0 Å². The number of hydrogen-bond acceptors (Lipinski definition) is 2. The number of nitrogens with zero attached hydrogens (tertiary/aromatic N) is 2. The Morgan fingerprint density at radius 1 is 1.29 bits per heavy atom. The van der Waals surface area contributed by atoms with Gasteiger partial charge in [0.05, 0.1) is 11.6 Å². The lowest BCUT2D eigenvalue weighted by Crippen LogP contribution is -2.39. The van der Waals surface area contributed by atoms with Gasteiger partial charge in [-0.15, -0.1) is 0 Å². The zero-order valence-corrected chi connectivity index (χ0v) is 8.03. The smallest absolute Gasteiger partial charge is 0.0995 e.